The summed E-state index contributed by atoms with van der Waals surface area (Å²) in [6, 6.07) is 4.05. The Hall–Kier alpha value is -0.960. The van der Waals surface area contributed by atoms with Crippen molar-refractivity contribution in [2.75, 3.05) is 0 Å². The molecular formula is C12H15F2N. The molecule has 0 aliphatic heterocycles. The monoisotopic (exact) mass is 211 g/mol. The maximum atomic E-state index is 12.9. The van der Waals surface area contributed by atoms with Crippen molar-refractivity contribution < 1.29 is 8.78 Å². The molecule has 0 atom stereocenters. The zero-order valence-electron chi connectivity index (χ0n) is 8.82. The molecular weight excluding hydrogens is 196 g/mol. The molecule has 0 heterocycles. The van der Waals surface area contributed by atoms with Crippen LogP contribution in [0.2, 0.25) is 0 Å². The minimum absolute atomic E-state index is 0.199. The zero-order chi connectivity index (χ0) is 10.9. The van der Waals surface area contributed by atoms with Crippen molar-refractivity contribution in [2.45, 2.75) is 38.3 Å². The average Bonchev–Trinajstić information content (AvgIpc) is 2.17. The van der Waals surface area contributed by atoms with Gasteiger partial charge in [0.05, 0.1) is 0 Å². The standard InChI is InChI=1S/C12H15F2N/c1-12(5-2-6-12)15-8-9-3-4-10(13)11(14)7-9/h3-4,7,15H,2,5-6,8H2,1H3. The van der Waals surface area contributed by atoms with E-state index in [2.05, 4.69) is 12.2 Å². The molecule has 1 aromatic rings. The highest BCUT2D eigenvalue weighted by Crippen LogP contribution is 2.31. The van der Waals surface area contributed by atoms with E-state index in [0.717, 1.165) is 18.4 Å². The molecule has 82 valence electrons. The third-order valence-corrected chi connectivity index (χ3v) is 3.16. The van der Waals surface area contributed by atoms with Gasteiger partial charge in [-0.15, -0.1) is 0 Å². The molecule has 1 aromatic carbocycles. The van der Waals surface area contributed by atoms with Crippen molar-refractivity contribution in [1.29, 1.82) is 0 Å². The predicted molar refractivity (Wildman–Crippen MR) is 55.5 cm³/mol. The maximum Gasteiger partial charge on any atom is 0.159 e. The van der Waals surface area contributed by atoms with Gasteiger partial charge < -0.3 is 5.32 Å². The van der Waals surface area contributed by atoms with Crippen LogP contribution >= 0.6 is 0 Å². The first kappa shape index (κ1) is 10.6. The Morgan fingerprint density at radius 2 is 2.00 bits per heavy atom. The molecule has 15 heavy (non-hydrogen) atoms. The summed E-state index contributed by atoms with van der Waals surface area (Å²) in [5.74, 6) is -1.55. The van der Waals surface area contributed by atoms with Crippen LogP contribution in [-0.4, -0.2) is 5.54 Å². The topological polar surface area (TPSA) is 12.0 Å². The first-order chi connectivity index (χ1) is 7.09. The van der Waals surface area contributed by atoms with Gasteiger partial charge in [0.2, 0.25) is 0 Å². The molecule has 3 heteroatoms. The fourth-order valence-electron chi connectivity index (χ4n) is 1.85. The van der Waals surface area contributed by atoms with Crippen LogP contribution in [0.15, 0.2) is 18.2 Å². The van der Waals surface area contributed by atoms with Crippen LogP contribution in [-0.2, 0) is 6.54 Å². The highest BCUT2D eigenvalue weighted by Gasteiger charge is 2.30. The molecule has 1 N–H and O–H groups in total. The summed E-state index contributed by atoms with van der Waals surface area (Å²) in [7, 11) is 0. The summed E-state index contributed by atoms with van der Waals surface area (Å²) in [5.41, 5.74) is 0.993. The van der Waals surface area contributed by atoms with Gasteiger partial charge in [0.15, 0.2) is 11.6 Å². The predicted octanol–water partition coefficient (Wildman–Crippen LogP) is 3.00. The molecule has 0 spiro atoms. The van der Waals surface area contributed by atoms with Crippen molar-refractivity contribution in [3.05, 3.63) is 35.4 Å². The molecule has 1 aliphatic rings. The fraction of sp³-hybridized carbons (Fsp3) is 0.500. The Bertz CT molecular complexity index is 359. The van der Waals surface area contributed by atoms with E-state index in [9.17, 15) is 8.78 Å². The minimum Gasteiger partial charge on any atom is -0.307 e. The van der Waals surface area contributed by atoms with Crippen LogP contribution in [0.5, 0.6) is 0 Å². The molecule has 0 saturated heterocycles. The van der Waals surface area contributed by atoms with E-state index in [0.29, 0.717) is 6.54 Å². The maximum absolute atomic E-state index is 12.9. The van der Waals surface area contributed by atoms with Gasteiger partial charge in [-0.05, 0) is 43.9 Å². The lowest BCUT2D eigenvalue weighted by Gasteiger charge is -2.39. The van der Waals surface area contributed by atoms with Crippen molar-refractivity contribution >= 4 is 0 Å². The number of rotatable bonds is 3. The first-order valence-electron chi connectivity index (χ1n) is 5.28. The first-order valence-corrected chi connectivity index (χ1v) is 5.28. The Labute approximate surface area is 88.5 Å². The molecule has 0 amide bonds. The smallest absolute Gasteiger partial charge is 0.159 e. The molecule has 1 fully saturated rings. The molecule has 1 aliphatic carbocycles. The summed E-state index contributed by atoms with van der Waals surface area (Å²) in [4.78, 5) is 0. The van der Waals surface area contributed by atoms with E-state index in [4.69, 9.17) is 0 Å². The molecule has 0 radical (unpaired) electrons. The lowest BCUT2D eigenvalue weighted by atomic mass is 9.78. The van der Waals surface area contributed by atoms with E-state index >= 15 is 0 Å². The number of hydrogen-bond acceptors (Lipinski definition) is 1. The van der Waals surface area contributed by atoms with Crippen molar-refractivity contribution in [2.24, 2.45) is 0 Å². The fourth-order valence-corrected chi connectivity index (χ4v) is 1.85. The zero-order valence-corrected chi connectivity index (χ0v) is 8.82. The van der Waals surface area contributed by atoms with Gasteiger partial charge in [-0.3, -0.25) is 0 Å². The van der Waals surface area contributed by atoms with Crippen molar-refractivity contribution in [1.82, 2.24) is 5.32 Å². The quantitative estimate of drug-likeness (QED) is 0.810. The number of benzene rings is 1. The third-order valence-electron chi connectivity index (χ3n) is 3.16. The number of halogens is 2. The second kappa shape index (κ2) is 3.89. The Morgan fingerprint density at radius 3 is 2.53 bits per heavy atom. The Kier molecular flexibility index (Phi) is 2.74. The van der Waals surface area contributed by atoms with E-state index in [1.807, 2.05) is 0 Å². The Balaban J connectivity index is 1.96. The van der Waals surface area contributed by atoms with Crippen LogP contribution < -0.4 is 5.32 Å². The van der Waals surface area contributed by atoms with Crippen LogP contribution in [0, 0.1) is 11.6 Å². The van der Waals surface area contributed by atoms with Gasteiger partial charge >= 0.3 is 0 Å². The van der Waals surface area contributed by atoms with Crippen LogP contribution in [0.4, 0.5) is 8.78 Å². The highest BCUT2D eigenvalue weighted by molar-refractivity contribution is 5.18. The highest BCUT2D eigenvalue weighted by atomic mass is 19.2. The summed E-state index contributed by atoms with van der Waals surface area (Å²) >= 11 is 0. The van der Waals surface area contributed by atoms with E-state index in [1.54, 1.807) is 6.07 Å². The average molecular weight is 211 g/mol. The molecule has 1 nitrogen and oxygen atoms in total. The molecule has 2 rings (SSSR count). The summed E-state index contributed by atoms with van der Waals surface area (Å²) in [6.45, 7) is 2.77. The van der Waals surface area contributed by atoms with Gasteiger partial charge in [-0.2, -0.15) is 0 Å². The van der Waals surface area contributed by atoms with Gasteiger partial charge in [0.1, 0.15) is 0 Å². The van der Waals surface area contributed by atoms with E-state index in [1.165, 1.54) is 18.6 Å². The van der Waals surface area contributed by atoms with Crippen LogP contribution in [0.25, 0.3) is 0 Å². The van der Waals surface area contributed by atoms with Crippen molar-refractivity contribution in [3.63, 3.8) is 0 Å². The summed E-state index contributed by atoms with van der Waals surface area (Å²) < 4.78 is 25.5. The van der Waals surface area contributed by atoms with Gasteiger partial charge in [-0.1, -0.05) is 6.07 Å². The van der Waals surface area contributed by atoms with Crippen molar-refractivity contribution in [3.8, 4) is 0 Å². The van der Waals surface area contributed by atoms with E-state index < -0.39 is 11.6 Å². The lowest BCUT2D eigenvalue weighted by Crippen LogP contribution is -2.47. The number of hydrogen-bond donors (Lipinski definition) is 1. The molecule has 0 aromatic heterocycles. The number of nitrogens with one attached hydrogen (secondary N) is 1. The van der Waals surface area contributed by atoms with Crippen LogP contribution in [0.3, 0.4) is 0 Å². The molecule has 0 bridgehead atoms. The lowest BCUT2D eigenvalue weighted by molar-refractivity contribution is 0.206. The largest absolute Gasteiger partial charge is 0.307 e. The Morgan fingerprint density at radius 1 is 1.27 bits per heavy atom. The normalized spacial score (nSPS) is 18.6. The molecule has 0 unspecified atom stereocenters. The second-order valence-corrected chi connectivity index (χ2v) is 4.52. The van der Waals surface area contributed by atoms with Gasteiger partial charge in [0, 0.05) is 12.1 Å². The third kappa shape index (κ3) is 2.34. The minimum atomic E-state index is -0.784. The second-order valence-electron chi connectivity index (χ2n) is 4.52. The van der Waals surface area contributed by atoms with Crippen LogP contribution in [0.1, 0.15) is 31.7 Å². The molecule has 1 saturated carbocycles. The summed E-state index contributed by atoms with van der Waals surface area (Å²) in [5, 5.41) is 3.37. The summed E-state index contributed by atoms with van der Waals surface area (Å²) in [6.07, 6.45) is 3.58. The SMILES string of the molecule is CC1(NCc2ccc(F)c(F)c2)CCC1. The van der Waals surface area contributed by atoms with E-state index in [-0.39, 0.29) is 5.54 Å². The van der Waals surface area contributed by atoms with Gasteiger partial charge in [0.25, 0.3) is 0 Å². The van der Waals surface area contributed by atoms with Gasteiger partial charge in [-0.25, -0.2) is 8.78 Å².